The third-order valence-electron chi connectivity index (χ3n) is 3.16. The summed E-state index contributed by atoms with van der Waals surface area (Å²) in [5.74, 6) is -0.320. The molecule has 0 bridgehead atoms. The predicted molar refractivity (Wildman–Crippen MR) is 68.6 cm³/mol. The molecular weight excluding hydrogens is 240 g/mol. The van der Waals surface area contributed by atoms with E-state index in [4.69, 9.17) is 4.55 Å². The van der Waals surface area contributed by atoms with Crippen LogP contribution in [0.4, 0.5) is 0 Å². The van der Waals surface area contributed by atoms with Crippen LogP contribution in [0, 0.1) is 5.41 Å². The Bertz CT molecular complexity index is 300. The van der Waals surface area contributed by atoms with E-state index in [1.165, 1.54) is 0 Å². The minimum absolute atomic E-state index is 0.231. The summed E-state index contributed by atoms with van der Waals surface area (Å²) < 4.78 is 30.3. The van der Waals surface area contributed by atoms with E-state index in [0.717, 1.165) is 32.0 Å². The summed E-state index contributed by atoms with van der Waals surface area (Å²) in [5, 5.41) is 0. The average molecular weight is 264 g/mol. The van der Waals surface area contributed by atoms with Gasteiger partial charge in [-0.15, -0.1) is 0 Å². The highest BCUT2D eigenvalue weighted by atomic mass is 32.2. The molecular formula is C12H24O4S. The zero-order chi connectivity index (χ0) is 13.4. The van der Waals surface area contributed by atoms with E-state index in [9.17, 15) is 13.2 Å². The molecule has 5 heteroatoms. The molecule has 17 heavy (non-hydrogen) atoms. The minimum atomic E-state index is -3.98. The van der Waals surface area contributed by atoms with Gasteiger partial charge in [-0.2, -0.15) is 8.42 Å². The fourth-order valence-corrected chi connectivity index (χ4v) is 2.61. The SMILES string of the molecule is CCCCC(C=O)(CCCC)CCS(=O)(=O)O. The fraction of sp³-hybridized carbons (Fsp3) is 0.917. The standard InChI is InChI=1S/C12H24O4S/c1-3-5-7-12(11-13,8-6-4-2)9-10-17(14,15)16/h11H,3-10H2,1-2H3,(H,14,15,16). The minimum Gasteiger partial charge on any atom is -0.303 e. The van der Waals surface area contributed by atoms with E-state index in [-0.39, 0.29) is 12.2 Å². The number of rotatable bonds is 10. The van der Waals surface area contributed by atoms with Crippen LogP contribution >= 0.6 is 0 Å². The van der Waals surface area contributed by atoms with Crippen molar-refractivity contribution in [2.45, 2.75) is 58.8 Å². The van der Waals surface area contributed by atoms with Crippen molar-refractivity contribution in [3.8, 4) is 0 Å². The number of carbonyl (C=O) groups excluding carboxylic acids is 1. The molecule has 102 valence electrons. The first kappa shape index (κ1) is 16.6. The molecule has 0 aliphatic rings. The molecule has 0 radical (unpaired) electrons. The molecule has 0 aliphatic carbocycles. The van der Waals surface area contributed by atoms with Crippen LogP contribution in [0.2, 0.25) is 0 Å². The zero-order valence-electron chi connectivity index (χ0n) is 10.8. The first-order valence-electron chi connectivity index (χ1n) is 6.30. The molecule has 0 rings (SSSR count). The van der Waals surface area contributed by atoms with Gasteiger partial charge in [-0.3, -0.25) is 4.55 Å². The maximum Gasteiger partial charge on any atom is 0.264 e. The highest BCUT2D eigenvalue weighted by Gasteiger charge is 2.29. The molecule has 0 atom stereocenters. The highest BCUT2D eigenvalue weighted by Crippen LogP contribution is 2.33. The maximum absolute atomic E-state index is 11.3. The van der Waals surface area contributed by atoms with Gasteiger partial charge in [-0.25, -0.2) is 0 Å². The van der Waals surface area contributed by atoms with Crippen molar-refractivity contribution in [2.75, 3.05) is 5.75 Å². The van der Waals surface area contributed by atoms with Crippen molar-refractivity contribution in [3.05, 3.63) is 0 Å². The van der Waals surface area contributed by atoms with Crippen LogP contribution in [0.15, 0.2) is 0 Å². The maximum atomic E-state index is 11.3. The van der Waals surface area contributed by atoms with Gasteiger partial charge in [-0.05, 0) is 19.3 Å². The first-order chi connectivity index (χ1) is 7.89. The predicted octanol–water partition coefficient (Wildman–Crippen LogP) is 2.83. The van der Waals surface area contributed by atoms with Gasteiger partial charge in [0.05, 0.1) is 5.75 Å². The van der Waals surface area contributed by atoms with Crippen LogP contribution in [0.1, 0.15) is 58.8 Å². The molecule has 4 nitrogen and oxygen atoms in total. The van der Waals surface area contributed by atoms with Crippen molar-refractivity contribution in [3.63, 3.8) is 0 Å². The van der Waals surface area contributed by atoms with Crippen LogP contribution in [-0.4, -0.2) is 25.0 Å². The normalized spacial score (nSPS) is 12.6. The largest absolute Gasteiger partial charge is 0.303 e. The molecule has 0 aromatic heterocycles. The van der Waals surface area contributed by atoms with Crippen molar-refractivity contribution in [1.82, 2.24) is 0 Å². The summed E-state index contributed by atoms with van der Waals surface area (Å²) in [7, 11) is -3.98. The van der Waals surface area contributed by atoms with E-state index >= 15 is 0 Å². The molecule has 0 spiro atoms. The van der Waals surface area contributed by atoms with Crippen molar-refractivity contribution in [1.29, 1.82) is 0 Å². The van der Waals surface area contributed by atoms with Crippen LogP contribution < -0.4 is 0 Å². The lowest BCUT2D eigenvalue weighted by atomic mass is 9.77. The van der Waals surface area contributed by atoms with Gasteiger partial charge >= 0.3 is 0 Å². The van der Waals surface area contributed by atoms with E-state index in [1.54, 1.807) is 0 Å². The van der Waals surface area contributed by atoms with Gasteiger partial charge in [0.25, 0.3) is 10.1 Å². The molecule has 0 saturated heterocycles. The van der Waals surface area contributed by atoms with Gasteiger partial charge in [0.15, 0.2) is 0 Å². The van der Waals surface area contributed by atoms with Crippen LogP contribution in [-0.2, 0) is 14.9 Å². The number of hydrogen-bond acceptors (Lipinski definition) is 3. The van der Waals surface area contributed by atoms with Gasteiger partial charge < -0.3 is 4.79 Å². The Kier molecular flexibility index (Phi) is 7.63. The molecule has 0 aromatic rings. The molecule has 1 N–H and O–H groups in total. The average Bonchev–Trinajstić information content (AvgIpc) is 2.28. The smallest absolute Gasteiger partial charge is 0.264 e. The Morgan fingerprint density at radius 1 is 1.06 bits per heavy atom. The lowest BCUT2D eigenvalue weighted by molar-refractivity contribution is -0.117. The van der Waals surface area contributed by atoms with Gasteiger partial charge in [0.2, 0.25) is 0 Å². The Balaban J connectivity index is 4.59. The summed E-state index contributed by atoms with van der Waals surface area (Å²) in [6.07, 6.45) is 6.33. The number of unbranched alkanes of at least 4 members (excludes halogenated alkanes) is 2. The summed E-state index contributed by atoms with van der Waals surface area (Å²) in [6.45, 7) is 4.08. The number of aldehydes is 1. The highest BCUT2D eigenvalue weighted by molar-refractivity contribution is 7.85. The third kappa shape index (κ3) is 7.49. The van der Waals surface area contributed by atoms with Crippen molar-refractivity contribution < 1.29 is 17.8 Å². The van der Waals surface area contributed by atoms with Crippen molar-refractivity contribution >= 4 is 16.4 Å². The lowest BCUT2D eigenvalue weighted by Gasteiger charge is -2.27. The Labute approximate surface area is 105 Å². The zero-order valence-corrected chi connectivity index (χ0v) is 11.6. The van der Waals surface area contributed by atoms with Crippen LogP contribution in [0.5, 0.6) is 0 Å². The van der Waals surface area contributed by atoms with E-state index in [2.05, 4.69) is 0 Å². The van der Waals surface area contributed by atoms with E-state index in [1.807, 2.05) is 13.8 Å². The summed E-state index contributed by atoms with van der Waals surface area (Å²) in [5.41, 5.74) is -0.568. The Morgan fingerprint density at radius 3 is 1.82 bits per heavy atom. The Morgan fingerprint density at radius 2 is 1.53 bits per heavy atom. The fourth-order valence-electron chi connectivity index (χ4n) is 1.94. The molecule has 0 unspecified atom stereocenters. The molecule has 0 aliphatic heterocycles. The van der Waals surface area contributed by atoms with Gasteiger partial charge in [-0.1, -0.05) is 39.5 Å². The van der Waals surface area contributed by atoms with Gasteiger partial charge in [0.1, 0.15) is 6.29 Å². The van der Waals surface area contributed by atoms with E-state index in [0.29, 0.717) is 12.8 Å². The molecule has 0 amide bonds. The summed E-state index contributed by atoms with van der Waals surface area (Å²) in [4.78, 5) is 11.3. The van der Waals surface area contributed by atoms with Crippen molar-refractivity contribution in [2.24, 2.45) is 5.41 Å². The van der Waals surface area contributed by atoms with Gasteiger partial charge in [0, 0.05) is 5.41 Å². The molecule has 0 heterocycles. The van der Waals surface area contributed by atoms with Crippen LogP contribution in [0.25, 0.3) is 0 Å². The lowest BCUT2D eigenvalue weighted by Crippen LogP contribution is -2.26. The van der Waals surface area contributed by atoms with E-state index < -0.39 is 15.5 Å². The molecule has 0 fully saturated rings. The second kappa shape index (κ2) is 7.82. The number of carbonyl (C=O) groups is 1. The number of hydrogen-bond donors (Lipinski definition) is 1. The molecule has 0 saturated carbocycles. The topological polar surface area (TPSA) is 71.4 Å². The third-order valence-corrected chi connectivity index (χ3v) is 3.88. The second-order valence-electron chi connectivity index (χ2n) is 4.72. The quantitative estimate of drug-likeness (QED) is 0.486. The first-order valence-corrected chi connectivity index (χ1v) is 7.91. The van der Waals surface area contributed by atoms with Crippen LogP contribution in [0.3, 0.4) is 0 Å². The summed E-state index contributed by atoms with van der Waals surface area (Å²) in [6, 6.07) is 0. The summed E-state index contributed by atoms with van der Waals surface area (Å²) >= 11 is 0. The Hall–Kier alpha value is -0.420. The monoisotopic (exact) mass is 264 g/mol. The second-order valence-corrected chi connectivity index (χ2v) is 6.30. The molecule has 0 aromatic carbocycles.